The van der Waals surface area contributed by atoms with Gasteiger partial charge in [-0.25, -0.2) is 0 Å². The molecule has 0 spiro atoms. The average Bonchev–Trinajstić information content (AvgIpc) is 2.45. The maximum Gasteiger partial charge on any atom is 0.471 e. The summed E-state index contributed by atoms with van der Waals surface area (Å²) in [6, 6.07) is 3.38. The van der Waals surface area contributed by atoms with E-state index >= 15 is 0 Å². The topological polar surface area (TPSA) is 37.4 Å². The van der Waals surface area contributed by atoms with Crippen LogP contribution < -0.4 is 0 Å². The second-order valence-corrected chi connectivity index (χ2v) is 5.48. The lowest BCUT2D eigenvalue weighted by atomic mass is 9.83. The zero-order chi connectivity index (χ0) is 15.2. The highest BCUT2D eigenvalue weighted by atomic mass is 19.4. The molecule has 21 heavy (non-hydrogen) atoms. The van der Waals surface area contributed by atoms with Crippen LogP contribution in [-0.2, 0) is 24.2 Å². The van der Waals surface area contributed by atoms with Gasteiger partial charge in [-0.15, -0.1) is 0 Å². The number of hydrogen-bond donors (Lipinski definition) is 0. The van der Waals surface area contributed by atoms with Crippen LogP contribution >= 0.6 is 0 Å². The number of rotatable bonds is 0. The SMILES string of the molecule is O=C1CCCc2c1ccc1c2CCN(C(=O)C(F)(F)F)C1. The molecule has 0 saturated heterocycles. The quantitative estimate of drug-likeness (QED) is 0.738. The zero-order valence-corrected chi connectivity index (χ0v) is 11.3. The largest absolute Gasteiger partial charge is 0.471 e. The minimum absolute atomic E-state index is 0.0326. The summed E-state index contributed by atoms with van der Waals surface area (Å²) in [5.41, 5.74) is 3.37. The number of ketones is 1. The lowest BCUT2D eigenvalue weighted by molar-refractivity contribution is -0.186. The van der Waals surface area contributed by atoms with E-state index in [1.807, 2.05) is 0 Å². The molecule has 0 bridgehead atoms. The fraction of sp³-hybridized carbons (Fsp3) is 0.467. The molecule has 1 aromatic rings. The van der Waals surface area contributed by atoms with Gasteiger partial charge in [-0.2, -0.15) is 13.2 Å². The van der Waals surface area contributed by atoms with Gasteiger partial charge in [0, 0.05) is 25.1 Å². The van der Waals surface area contributed by atoms with Crippen molar-refractivity contribution in [1.82, 2.24) is 4.90 Å². The van der Waals surface area contributed by atoms with Gasteiger partial charge in [0.25, 0.3) is 0 Å². The summed E-state index contributed by atoms with van der Waals surface area (Å²) in [7, 11) is 0. The van der Waals surface area contributed by atoms with E-state index in [0.717, 1.165) is 34.4 Å². The van der Waals surface area contributed by atoms with Crippen LogP contribution in [0.2, 0.25) is 0 Å². The van der Waals surface area contributed by atoms with Crippen molar-refractivity contribution in [1.29, 1.82) is 0 Å². The van der Waals surface area contributed by atoms with E-state index in [1.54, 1.807) is 12.1 Å². The Labute approximate surface area is 119 Å². The Hall–Kier alpha value is -1.85. The zero-order valence-electron chi connectivity index (χ0n) is 11.3. The van der Waals surface area contributed by atoms with Crippen LogP contribution in [0.5, 0.6) is 0 Å². The number of amides is 1. The van der Waals surface area contributed by atoms with Crippen LogP contribution in [0.4, 0.5) is 13.2 Å². The highest BCUT2D eigenvalue weighted by Crippen LogP contribution is 2.32. The van der Waals surface area contributed by atoms with E-state index in [0.29, 0.717) is 18.4 Å². The van der Waals surface area contributed by atoms with Crippen LogP contribution in [0.25, 0.3) is 0 Å². The molecule has 0 unspecified atom stereocenters. The maximum atomic E-state index is 12.5. The molecule has 1 aliphatic heterocycles. The molecule has 1 heterocycles. The molecule has 2 aliphatic rings. The Bertz CT molecular complexity index is 622. The van der Waals surface area contributed by atoms with E-state index < -0.39 is 12.1 Å². The normalized spacial score (nSPS) is 18.2. The number of nitrogens with zero attached hydrogens (tertiary/aromatic N) is 1. The van der Waals surface area contributed by atoms with Crippen LogP contribution in [0.3, 0.4) is 0 Å². The van der Waals surface area contributed by atoms with Crippen molar-refractivity contribution in [2.75, 3.05) is 6.54 Å². The highest BCUT2D eigenvalue weighted by Gasteiger charge is 2.43. The van der Waals surface area contributed by atoms with E-state index in [4.69, 9.17) is 0 Å². The van der Waals surface area contributed by atoms with Gasteiger partial charge >= 0.3 is 12.1 Å². The molecule has 1 aliphatic carbocycles. The van der Waals surface area contributed by atoms with Gasteiger partial charge < -0.3 is 4.90 Å². The van der Waals surface area contributed by atoms with E-state index in [2.05, 4.69) is 0 Å². The van der Waals surface area contributed by atoms with Crippen LogP contribution in [0, 0.1) is 0 Å². The molecule has 0 atom stereocenters. The lowest BCUT2D eigenvalue weighted by Crippen LogP contribution is -2.44. The van der Waals surface area contributed by atoms with Crippen LogP contribution in [0.15, 0.2) is 12.1 Å². The van der Waals surface area contributed by atoms with Gasteiger partial charge in [0.05, 0.1) is 0 Å². The fourth-order valence-electron chi connectivity index (χ4n) is 3.19. The third-order valence-electron chi connectivity index (χ3n) is 4.18. The molecular formula is C15H14F3NO2. The van der Waals surface area contributed by atoms with Crippen LogP contribution in [-0.4, -0.2) is 29.3 Å². The number of benzene rings is 1. The van der Waals surface area contributed by atoms with Crippen LogP contribution in [0.1, 0.15) is 39.9 Å². The Balaban J connectivity index is 1.92. The second-order valence-electron chi connectivity index (χ2n) is 5.48. The van der Waals surface area contributed by atoms with Crippen molar-refractivity contribution in [3.05, 3.63) is 34.4 Å². The van der Waals surface area contributed by atoms with Crippen molar-refractivity contribution in [3.8, 4) is 0 Å². The summed E-state index contributed by atoms with van der Waals surface area (Å²) >= 11 is 0. The number of hydrogen-bond acceptors (Lipinski definition) is 2. The molecular weight excluding hydrogens is 283 g/mol. The molecule has 1 amide bonds. The minimum atomic E-state index is -4.83. The monoisotopic (exact) mass is 297 g/mol. The lowest BCUT2D eigenvalue weighted by Gasteiger charge is -2.32. The number of alkyl halides is 3. The fourth-order valence-corrected chi connectivity index (χ4v) is 3.19. The Morgan fingerprint density at radius 1 is 1.10 bits per heavy atom. The first kappa shape index (κ1) is 14.1. The third-order valence-corrected chi connectivity index (χ3v) is 4.18. The predicted molar refractivity (Wildman–Crippen MR) is 68.9 cm³/mol. The average molecular weight is 297 g/mol. The van der Waals surface area contributed by atoms with Gasteiger partial charge in [0.15, 0.2) is 5.78 Å². The minimum Gasteiger partial charge on any atom is -0.330 e. The maximum absolute atomic E-state index is 12.5. The number of halogens is 3. The summed E-state index contributed by atoms with van der Waals surface area (Å²) < 4.78 is 37.5. The molecule has 3 nitrogen and oxygen atoms in total. The van der Waals surface area contributed by atoms with Crippen molar-refractivity contribution >= 4 is 11.7 Å². The summed E-state index contributed by atoms with van der Waals surface area (Å²) in [4.78, 5) is 24.0. The molecule has 0 N–H and O–H groups in total. The first-order chi connectivity index (χ1) is 9.88. The molecule has 0 radical (unpaired) electrons. The first-order valence-corrected chi connectivity index (χ1v) is 6.91. The third kappa shape index (κ3) is 2.43. The molecule has 0 fully saturated rings. The van der Waals surface area contributed by atoms with E-state index in [-0.39, 0.29) is 18.9 Å². The summed E-state index contributed by atoms with van der Waals surface area (Å²) in [5, 5.41) is 0. The van der Waals surface area contributed by atoms with Crippen molar-refractivity contribution in [3.63, 3.8) is 0 Å². The predicted octanol–water partition coefficient (Wildman–Crippen LogP) is 2.65. The standard InChI is InChI=1S/C15H14F3NO2/c16-15(17,18)14(21)19-7-6-10-9(8-19)4-5-12-11(10)2-1-3-13(12)20/h4-5H,1-3,6-8H2. The van der Waals surface area contributed by atoms with Gasteiger partial charge in [-0.05, 0) is 36.0 Å². The first-order valence-electron chi connectivity index (χ1n) is 6.91. The van der Waals surface area contributed by atoms with E-state index in [9.17, 15) is 22.8 Å². The summed E-state index contributed by atoms with van der Waals surface area (Å²) in [6.07, 6.45) is -2.34. The number of Topliss-reactive ketones (excluding diaryl/α,β-unsaturated/α-hetero) is 1. The smallest absolute Gasteiger partial charge is 0.330 e. The van der Waals surface area contributed by atoms with Crippen molar-refractivity contribution < 1.29 is 22.8 Å². The summed E-state index contributed by atoms with van der Waals surface area (Å²) in [5.74, 6) is -1.69. The molecule has 1 aromatic carbocycles. The highest BCUT2D eigenvalue weighted by molar-refractivity contribution is 5.99. The molecule has 0 saturated carbocycles. The second kappa shape index (κ2) is 4.86. The number of carbonyl (C=O) groups excluding carboxylic acids is 2. The summed E-state index contributed by atoms with van der Waals surface area (Å²) in [6.45, 7) is 0.0190. The van der Waals surface area contributed by atoms with Gasteiger partial charge in [-0.3, -0.25) is 9.59 Å². The molecule has 3 rings (SSSR count). The van der Waals surface area contributed by atoms with Crippen molar-refractivity contribution in [2.24, 2.45) is 0 Å². The molecule has 112 valence electrons. The van der Waals surface area contributed by atoms with E-state index in [1.165, 1.54) is 0 Å². The van der Waals surface area contributed by atoms with Gasteiger partial charge in [0.2, 0.25) is 0 Å². The van der Waals surface area contributed by atoms with Gasteiger partial charge in [0.1, 0.15) is 0 Å². The Morgan fingerprint density at radius 2 is 1.86 bits per heavy atom. The molecule has 0 aromatic heterocycles. The van der Waals surface area contributed by atoms with Crippen molar-refractivity contribution in [2.45, 2.75) is 38.4 Å². The number of fused-ring (bicyclic) bond motifs is 3. The van der Waals surface area contributed by atoms with Gasteiger partial charge in [-0.1, -0.05) is 12.1 Å². The Morgan fingerprint density at radius 3 is 2.57 bits per heavy atom. The number of carbonyl (C=O) groups is 2. The Kier molecular flexibility index (Phi) is 3.26. The molecule has 6 heteroatoms.